The fourth-order valence-electron chi connectivity index (χ4n) is 2.99. The molecule has 0 unspecified atom stereocenters. The van der Waals surface area contributed by atoms with Crippen molar-refractivity contribution in [3.63, 3.8) is 0 Å². The first-order valence-corrected chi connectivity index (χ1v) is 10.9. The Morgan fingerprint density at radius 2 is 1.85 bits per heavy atom. The van der Waals surface area contributed by atoms with Crippen LogP contribution in [0.2, 0.25) is 0 Å². The number of nitrogens with one attached hydrogen (secondary N) is 2. The molecule has 0 saturated carbocycles. The number of nitro benzene ring substituents is 1. The molecule has 1 amide bonds. The van der Waals surface area contributed by atoms with Gasteiger partial charge in [0.05, 0.1) is 16.4 Å². The number of hydrogen-bond acceptors (Lipinski definition) is 8. The maximum atomic E-state index is 12.5. The quantitative estimate of drug-likeness (QED) is 0.273. The molecule has 33 heavy (non-hydrogen) atoms. The molecule has 0 saturated heterocycles. The summed E-state index contributed by atoms with van der Waals surface area (Å²) in [6, 6.07) is 13.8. The van der Waals surface area contributed by atoms with E-state index < -0.39 is 37.2 Å². The number of sulfonamides is 1. The number of hydrogen-bond donors (Lipinski definition) is 3. The molecule has 2 aromatic carbocycles. The van der Waals surface area contributed by atoms with Crippen molar-refractivity contribution in [2.45, 2.75) is 11.4 Å². The third-order valence-electron chi connectivity index (χ3n) is 4.64. The van der Waals surface area contributed by atoms with E-state index >= 15 is 0 Å². The van der Waals surface area contributed by atoms with Crippen LogP contribution in [0.5, 0.6) is 5.75 Å². The van der Waals surface area contributed by atoms with Crippen molar-refractivity contribution in [1.82, 2.24) is 19.9 Å². The van der Waals surface area contributed by atoms with Crippen molar-refractivity contribution in [3.05, 3.63) is 88.4 Å². The van der Waals surface area contributed by atoms with Crippen LogP contribution in [-0.4, -0.2) is 39.0 Å². The summed E-state index contributed by atoms with van der Waals surface area (Å²) < 4.78 is 29.1. The fraction of sp³-hybridized carbons (Fsp3) is 0.0500. The van der Waals surface area contributed by atoms with E-state index in [1.54, 1.807) is 16.7 Å². The van der Waals surface area contributed by atoms with Gasteiger partial charge in [-0.3, -0.25) is 24.0 Å². The average Bonchev–Trinajstić information content (AvgIpc) is 3.21. The lowest BCUT2D eigenvalue weighted by molar-refractivity contribution is -0.386. The van der Waals surface area contributed by atoms with Crippen LogP contribution >= 0.6 is 0 Å². The minimum atomic E-state index is -4.16. The largest absolute Gasteiger partial charge is 0.502 e. The monoisotopic (exact) mass is 468 g/mol. The summed E-state index contributed by atoms with van der Waals surface area (Å²) in [5, 5.41) is 31.2. The number of phenols is 1. The number of rotatable bonds is 7. The van der Waals surface area contributed by atoms with E-state index in [9.17, 15) is 28.4 Å². The smallest absolute Gasteiger partial charge is 0.312 e. The molecule has 4 aromatic rings. The van der Waals surface area contributed by atoms with Gasteiger partial charge >= 0.3 is 5.69 Å². The van der Waals surface area contributed by atoms with Crippen molar-refractivity contribution in [2.75, 3.05) is 4.72 Å². The van der Waals surface area contributed by atoms with Gasteiger partial charge in [0.2, 0.25) is 0 Å². The molecule has 2 heterocycles. The van der Waals surface area contributed by atoms with E-state index in [0.717, 1.165) is 18.2 Å². The Kier molecular flexibility index (Phi) is 5.62. The molecule has 168 valence electrons. The fourth-order valence-corrected chi connectivity index (χ4v) is 4.07. The molecule has 13 heteroatoms. The number of amides is 1. The highest BCUT2D eigenvalue weighted by Gasteiger charge is 2.21. The summed E-state index contributed by atoms with van der Waals surface area (Å²) in [7, 11) is -4.16. The van der Waals surface area contributed by atoms with Gasteiger partial charge in [-0.2, -0.15) is 0 Å². The Bertz CT molecular complexity index is 1470. The Balaban J connectivity index is 1.44. The van der Waals surface area contributed by atoms with Gasteiger partial charge in [0, 0.05) is 23.5 Å². The number of carbonyl (C=O) groups excluding carboxylic acids is 1. The Morgan fingerprint density at radius 1 is 1.09 bits per heavy atom. The van der Waals surface area contributed by atoms with Gasteiger partial charge in [0.15, 0.2) is 17.2 Å². The van der Waals surface area contributed by atoms with E-state index in [1.165, 1.54) is 24.3 Å². The summed E-state index contributed by atoms with van der Waals surface area (Å²) in [6.07, 6.45) is 1.78. The molecule has 0 atom stereocenters. The van der Waals surface area contributed by atoms with E-state index in [-0.39, 0.29) is 17.8 Å². The number of pyridine rings is 1. The average molecular weight is 468 g/mol. The van der Waals surface area contributed by atoms with Crippen molar-refractivity contribution >= 4 is 33.0 Å². The van der Waals surface area contributed by atoms with Crippen LogP contribution < -0.4 is 10.0 Å². The normalized spacial score (nSPS) is 11.3. The van der Waals surface area contributed by atoms with Gasteiger partial charge in [0.25, 0.3) is 15.9 Å². The lowest BCUT2D eigenvalue weighted by Gasteiger charge is -2.09. The van der Waals surface area contributed by atoms with Gasteiger partial charge in [-0.05, 0) is 48.5 Å². The molecule has 0 fully saturated rings. The minimum absolute atomic E-state index is 0.137. The molecule has 0 radical (unpaired) electrons. The number of benzene rings is 2. The summed E-state index contributed by atoms with van der Waals surface area (Å²) >= 11 is 0. The first-order chi connectivity index (χ1) is 15.7. The van der Waals surface area contributed by atoms with Gasteiger partial charge in [-0.25, -0.2) is 8.42 Å². The Labute approximate surface area is 186 Å². The second-order valence-electron chi connectivity index (χ2n) is 6.82. The van der Waals surface area contributed by atoms with Crippen molar-refractivity contribution < 1.29 is 23.2 Å². The van der Waals surface area contributed by atoms with Crippen LogP contribution in [0.25, 0.3) is 5.65 Å². The number of fused-ring (bicyclic) bond motifs is 1. The standard InChI is InChI=1S/C20H16N6O6S/c27-17-9-8-15(11-16(17)26(29)30)33(31,32)24-14-6-4-13(5-7-14)20(28)21-12-19-23-22-18-3-1-2-10-25(18)19/h1-11,24,27H,12H2,(H,21,28). The number of nitrogens with zero attached hydrogens (tertiary/aromatic N) is 4. The first-order valence-electron chi connectivity index (χ1n) is 9.42. The molecule has 12 nitrogen and oxygen atoms in total. The van der Waals surface area contributed by atoms with Crippen LogP contribution in [0.4, 0.5) is 11.4 Å². The summed E-state index contributed by atoms with van der Waals surface area (Å²) in [5.41, 5.74) is 0.348. The number of nitro groups is 1. The molecule has 0 aliphatic heterocycles. The molecule has 0 spiro atoms. The summed E-state index contributed by atoms with van der Waals surface area (Å²) in [6.45, 7) is 0.137. The molecule has 4 rings (SSSR count). The highest BCUT2D eigenvalue weighted by molar-refractivity contribution is 7.92. The summed E-state index contributed by atoms with van der Waals surface area (Å²) in [4.78, 5) is 22.1. The van der Waals surface area contributed by atoms with Crippen molar-refractivity contribution in [2.24, 2.45) is 0 Å². The van der Waals surface area contributed by atoms with Crippen molar-refractivity contribution in [3.8, 4) is 5.75 Å². The van der Waals surface area contributed by atoms with Crippen LogP contribution in [0.1, 0.15) is 16.2 Å². The first kappa shape index (κ1) is 21.7. The molecule has 0 bridgehead atoms. The second kappa shape index (κ2) is 8.55. The maximum absolute atomic E-state index is 12.5. The highest BCUT2D eigenvalue weighted by Crippen LogP contribution is 2.29. The van der Waals surface area contributed by atoms with E-state index in [0.29, 0.717) is 11.5 Å². The highest BCUT2D eigenvalue weighted by atomic mass is 32.2. The second-order valence-corrected chi connectivity index (χ2v) is 8.50. The van der Waals surface area contributed by atoms with Gasteiger partial charge in [0.1, 0.15) is 0 Å². The topological polar surface area (TPSA) is 169 Å². The molecule has 3 N–H and O–H groups in total. The summed E-state index contributed by atoms with van der Waals surface area (Å²) in [5.74, 6) is -0.494. The van der Waals surface area contributed by atoms with Gasteiger partial charge in [-0.15, -0.1) is 10.2 Å². The zero-order valence-corrected chi connectivity index (χ0v) is 17.6. The maximum Gasteiger partial charge on any atom is 0.312 e. The Morgan fingerprint density at radius 3 is 2.58 bits per heavy atom. The minimum Gasteiger partial charge on any atom is -0.502 e. The predicted octanol–water partition coefficient (Wildman–Crippen LogP) is 2.07. The van der Waals surface area contributed by atoms with Crippen LogP contribution in [0.15, 0.2) is 71.8 Å². The Hall–Kier alpha value is -4.52. The van der Waals surface area contributed by atoms with Crippen molar-refractivity contribution in [1.29, 1.82) is 0 Å². The number of anilines is 1. The zero-order chi connectivity index (χ0) is 23.6. The van der Waals surface area contributed by atoms with E-state index in [1.807, 2.05) is 12.1 Å². The molecular weight excluding hydrogens is 452 g/mol. The molecule has 2 aromatic heterocycles. The number of phenolic OH excluding ortho intramolecular Hbond substituents is 1. The predicted molar refractivity (Wildman–Crippen MR) is 116 cm³/mol. The van der Waals surface area contributed by atoms with Gasteiger partial charge in [-0.1, -0.05) is 6.07 Å². The van der Waals surface area contributed by atoms with E-state index in [2.05, 4.69) is 20.2 Å². The SMILES string of the molecule is O=C(NCc1nnc2ccccn12)c1ccc(NS(=O)(=O)c2ccc(O)c([N+](=O)[O-])c2)cc1. The van der Waals surface area contributed by atoms with Crippen LogP contribution in [-0.2, 0) is 16.6 Å². The third kappa shape index (κ3) is 4.57. The number of aromatic hydroxyl groups is 1. The molecule has 0 aliphatic carbocycles. The molecule has 0 aliphatic rings. The van der Waals surface area contributed by atoms with E-state index in [4.69, 9.17) is 0 Å². The lowest BCUT2D eigenvalue weighted by Crippen LogP contribution is -2.24. The third-order valence-corrected chi connectivity index (χ3v) is 6.02. The lowest BCUT2D eigenvalue weighted by atomic mass is 10.2. The zero-order valence-electron chi connectivity index (χ0n) is 16.7. The number of aromatic nitrogens is 3. The van der Waals surface area contributed by atoms with Gasteiger partial charge < -0.3 is 10.4 Å². The van der Waals surface area contributed by atoms with Crippen LogP contribution in [0.3, 0.4) is 0 Å². The number of carbonyl (C=O) groups is 1. The molecular formula is C20H16N6O6S. The van der Waals surface area contributed by atoms with Crippen LogP contribution in [0, 0.1) is 10.1 Å².